The van der Waals surface area contributed by atoms with E-state index in [0.717, 1.165) is 5.56 Å². The number of aliphatic hydroxyl groups is 1. The fourth-order valence-corrected chi connectivity index (χ4v) is 2.50. The minimum absolute atomic E-state index is 0.0197. The van der Waals surface area contributed by atoms with Gasteiger partial charge in [-0.1, -0.05) is 0 Å². The first-order valence-electron chi connectivity index (χ1n) is 6.49. The quantitative estimate of drug-likeness (QED) is 0.875. The van der Waals surface area contributed by atoms with Crippen molar-refractivity contribution in [2.45, 2.75) is 31.5 Å². The van der Waals surface area contributed by atoms with Gasteiger partial charge in [-0.15, -0.1) is 0 Å². The maximum atomic E-state index is 9.96. The standard InChI is InChI=1S/C14H15N5O/c1-9-7-17-19(8-9)13-11(5-12(13)20)18-14-10(6-15)3-2-4-16-14/h2-4,7-8,11-13,20H,5H2,1H3,(H,16,18)/t11-,12+,13+/m0/s1. The highest BCUT2D eigenvalue weighted by Crippen LogP contribution is 2.35. The van der Waals surface area contributed by atoms with E-state index in [4.69, 9.17) is 5.26 Å². The molecule has 0 unspecified atom stereocenters. The number of anilines is 1. The van der Waals surface area contributed by atoms with Gasteiger partial charge in [0, 0.05) is 12.4 Å². The van der Waals surface area contributed by atoms with Crippen LogP contribution in [0.5, 0.6) is 0 Å². The molecule has 2 aromatic rings. The second kappa shape index (κ2) is 4.94. The minimum atomic E-state index is -0.430. The lowest BCUT2D eigenvalue weighted by Gasteiger charge is -2.42. The monoisotopic (exact) mass is 269 g/mol. The lowest BCUT2D eigenvalue weighted by atomic mass is 9.83. The Kier molecular flexibility index (Phi) is 3.12. The number of aliphatic hydroxyl groups excluding tert-OH is 1. The van der Waals surface area contributed by atoms with Gasteiger partial charge in [-0.3, -0.25) is 4.68 Å². The Morgan fingerprint density at radius 3 is 3.05 bits per heavy atom. The zero-order valence-electron chi connectivity index (χ0n) is 11.1. The van der Waals surface area contributed by atoms with Crippen molar-refractivity contribution in [2.75, 3.05) is 5.32 Å². The van der Waals surface area contributed by atoms with Gasteiger partial charge in [-0.25, -0.2) is 4.98 Å². The molecular formula is C14H15N5O. The Morgan fingerprint density at radius 1 is 1.55 bits per heavy atom. The molecule has 20 heavy (non-hydrogen) atoms. The lowest BCUT2D eigenvalue weighted by Crippen LogP contribution is -2.51. The maximum Gasteiger partial charge on any atom is 0.144 e. The van der Waals surface area contributed by atoms with Crippen molar-refractivity contribution in [3.05, 3.63) is 41.9 Å². The molecule has 0 amide bonds. The molecule has 2 aromatic heterocycles. The van der Waals surface area contributed by atoms with E-state index in [1.165, 1.54) is 0 Å². The number of aromatic nitrogens is 3. The highest BCUT2D eigenvalue weighted by Gasteiger charge is 2.42. The van der Waals surface area contributed by atoms with E-state index >= 15 is 0 Å². The third-order valence-corrected chi connectivity index (χ3v) is 3.59. The Labute approximate surface area is 116 Å². The normalized spacial score (nSPS) is 24.8. The van der Waals surface area contributed by atoms with Crippen LogP contribution >= 0.6 is 0 Å². The molecule has 102 valence electrons. The Hall–Kier alpha value is -2.39. The molecule has 1 fully saturated rings. The minimum Gasteiger partial charge on any atom is -0.391 e. The summed E-state index contributed by atoms with van der Waals surface area (Å²) in [6, 6.07) is 5.45. The number of hydrogen-bond acceptors (Lipinski definition) is 5. The van der Waals surface area contributed by atoms with E-state index in [0.29, 0.717) is 17.8 Å². The Balaban J connectivity index is 1.80. The largest absolute Gasteiger partial charge is 0.391 e. The fourth-order valence-electron chi connectivity index (χ4n) is 2.50. The van der Waals surface area contributed by atoms with Crippen molar-refractivity contribution in [1.82, 2.24) is 14.8 Å². The van der Waals surface area contributed by atoms with Gasteiger partial charge >= 0.3 is 0 Å². The Morgan fingerprint density at radius 2 is 2.40 bits per heavy atom. The first-order chi connectivity index (χ1) is 9.69. The van der Waals surface area contributed by atoms with E-state index < -0.39 is 6.10 Å². The van der Waals surface area contributed by atoms with E-state index in [9.17, 15) is 5.11 Å². The topological polar surface area (TPSA) is 86.8 Å². The third kappa shape index (κ3) is 2.12. The van der Waals surface area contributed by atoms with Crippen LogP contribution in [0.3, 0.4) is 0 Å². The van der Waals surface area contributed by atoms with Crippen molar-refractivity contribution in [3.8, 4) is 6.07 Å². The predicted molar refractivity (Wildman–Crippen MR) is 73.0 cm³/mol. The van der Waals surface area contributed by atoms with Crippen LogP contribution in [0.15, 0.2) is 30.7 Å². The average Bonchev–Trinajstić information content (AvgIpc) is 2.84. The molecule has 0 bridgehead atoms. The molecule has 0 spiro atoms. The molecule has 2 N–H and O–H groups in total. The molecular weight excluding hydrogens is 254 g/mol. The first-order valence-corrected chi connectivity index (χ1v) is 6.49. The predicted octanol–water partition coefficient (Wildman–Crippen LogP) is 1.24. The van der Waals surface area contributed by atoms with Crippen LogP contribution < -0.4 is 5.32 Å². The molecule has 3 atom stereocenters. The summed E-state index contributed by atoms with van der Waals surface area (Å²) in [5, 5.41) is 26.5. The summed E-state index contributed by atoms with van der Waals surface area (Å²) in [5.41, 5.74) is 1.56. The van der Waals surface area contributed by atoms with Gasteiger partial charge in [-0.05, 0) is 31.0 Å². The summed E-state index contributed by atoms with van der Waals surface area (Å²) in [6.07, 6.45) is 5.51. The van der Waals surface area contributed by atoms with Gasteiger partial charge in [-0.2, -0.15) is 10.4 Å². The highest BCUT2D eigenvalue weighted by atomic mass is 16.3. The molecule has 0 aliphatic heterocycles. The molecule has 1 aliphatic carbocycles. The number of nitrogens with one attached hydrogen (secondary N) is 1. The van der Waals surface area contributed by atoms with Crippen LogP contribution in [0.2, 0.25) is 0 Å². The first kappa shape index (κ1) is 12.6. The molecule has 6 heteroatoms. The molecule has 1 saturated carbocycles. The average molecular weight is 269 g/mol. The van der Waals surface area contributed by atoms with Crippen molar-refractivity contribution < 1.29 is 5.11 Å². The van der Waals surface area contributed by atoms with Gasteiger partial charge in [0.1, 0.15) is 11.9 Å². The summed E-state index contributed by atoms with van der Waals surface area (Å²) < 4.78 is 1.77. The van der Waals surface area contributed by atoms with Crippen LogP contribution in [0.25, 0.3) is 0 Å². The summed E-state index contributed by atoms with van der Waals surface area (Å²) in [6.45, 7) is 1.96. The van der Waals surface area contributed by atoms with Crippen LogP contribution in [-0.4, -0.2) is 32.0 Å². The number of aryl methyl sites for hydroxylation is 1. The van der Waals surface area contributed by atoms with Gasteiger partial charge in [0.15, 0.2) is 0 Å². The number of rotatable bonds is 3. The molecule has 1 aliphatic rings. The number of pyridine rings is 1. The summed E-state index contributed by atoms with van der Waals surface area (Å²) in [5.74, 6) is 0.556. The zero-order valence-corrected chi connectivity index (χ0v) is 11.1. The van der Waals surface area contributed by atoms with Gasteiger partial charge in [0.2, 0.25) is 0 Å². The van der Waals surface area contributed by atoms with Gasteiger partial charge < -0.3 is 10.4 Å². The van der Waals surface area contributed by atoms with E-state index in [-0.39, 0.29) is 12.1 Å². The van der Waals surface area contributed by atoms with E-state index in [1.807, 2.05) is 13.1 Å². The number of nitriles is 1. The molecule has 0 aromatic carbocycles. The van der Waals surface area contributed by atoms with Crippen LogP contribution in [0.1, 0.15) is 23.6 Å². The van der Waals surface area contributed by atoms with Crippen LogP contribution in [0.4, 0.5) is 5.82 Å². The number of nitrogens with zero attached hydrogens (tertiary/aromatic N) is 4. The summed E-state index contributed by atoms with van der Waals surface area (Å²) in [7, 11) is 0. The third-order valence-electron chi connectivity index (χ3n) is 3.59. The van der Waals surface area contributed by atoms with E-state index in [2.05, 4.69) is 21.5 Å². The smallest absolute Gasteiger partial charge is 0.144 e. The fraction of sp³-hybridized carbons (Fsp3) is 0.357. The summed E-state index contributed by atoms with van der Waals surface area (Å²) >= 11 is 0. The Bertz CT molecular complexity index is 660. The van der Waals surface area contributed by atoms with Crippen molar-refractivity contribution in [3.63, 3.8) is 0 Å². The van der Waals surface area contributed by atoms with Crippen LogP contribution in [0, 0.1) is 18.3 Å². The molecule has 0 radical (unpaired) electrons. The zero-order chi connectivity index (χ0) is 14.1. The van der Waals surface area contributed by atoms with Crippen LogP contribution in [-0.2, 0) is 0 Å². The van der Waals surface area contributed by atoms with Gasteiger partial charge in [0.25, 0.3) is 0 Å². The second-order valence-electron chi connectivity index (χ2n) is 5.05. The van der Waals surface area contributed by atoms with Crippen molar-refractivity contribution in [1.29, 1.82) is 5.26 Å². The second-order valence-corrected chi connectivity index (χ2v) is 5.05. The molecule has 3 rings (SSSR count). The molecule has 6 nitrogen and oxygen atoms in total. The maximum absolute atomic E-state index is 9.96. The molecule has 2 heterocycles. The van der Waals surface area contributed by atoms with Crippen molar-refractivity contribution >= 4 is 5.82 Å². The number of hydrogen-bond donors (Lipinski definition) is 2. The van der Waals surface area contributed by atoms with Gasteiger partial charge in [0.05, 0.1) is 29.9 Å². The molecule has 0 saturated heterocycles. The lowest BCUT2D eigenvalue weighted by molar-refractivity contribution is 0.0133. The van der Waals surface area contributed by atoms with E-state index in [1.54, 1.807) is 29.2 Å². The SMILES string of the molecule is Cc1cnn([C@H]2[C@H](O)C[C@@H]2Nc2ncccc2C#N)c1. The summed E-state index contributed by atoms with van der Waals surface area (Å²) in [4.78, 5) is 4.18. The highest BCUT2D eigenvalue weighted by molar-refractivity contribution is 5.52. The van der Waals surface area contributed by atoms with Crippen molar-refractivity contribution in [2.24, 2.45) is 0 Å².